The highest BCUT2D eigenvalue weighted by atomic mass is 16.5. The molecule has 2 heteroatoms. The van der Waals surface area contributed by atoms with Crippen molar-refractivity contribution < 1.29 is 9.84 Å². The molecule has 20 heavy (non-hydrogen) atoms. The topological polar surface area (TPSA) is 29.5 Å². The van der Waals surface area contributed by atoms with Crippen LogP contribution >= 0.6 is 0 Å². The van der Waals surface area contributed by atoms with Crippen molar-refractivity contribution in [3.63, 3.8) is 0 Å². The summed E-state index contributed by atoms with van der Waals surface area (Å²) in [7, 11) is 0. The standard InChI is InChI=1S/C18H22O2/c1-3-4-11-20-18-9-7-15(8-10-18)16-6-5-14(2)17(12-16)13-19/h5-10,12,19H,3-4,11,13H2,1-2H3. The fourth-order valence-electron chi connectivity index (χ4n) is 2.10. The lowest BCUT2D eigenvalue weighted by Crippen LogP contribution is -1.96. The molecule has 0 bridgehead atoms. The molecule has 0 amide bonds. The summed E-state index contributed by atoms with van der Waals surface area (Å²) in [6.07, 6.45) is 2.23. The normalized spacial score (nSPS) is 10.6. The molecule has 0 spiro atoms. The summed E-state index contributed by atoms with van der Waals surface area (Å²) in [6.45, 7) is 5.02. The number of rotatable bonds is 6. The first-order chi connectivity index (χ1) is 9.74. The van der Waals surface area contributed by atoms with Gasteiger partial charge in [0.1, 0.15) is 5.75 Å². The number of ether oxygens (including phenoxy) is 1. The van der Waals surface area contributed by atoms with Crippen LogP contribution in [0.1, 0.15) is 30.9 Å². The maximum atomic E-state index is 9.33. The van der Waals surface area contributed by atoms with E-state index in [-0.39, 0.29) is 6.61 Å². The highest BCUT2D eigenvalue weighted by molar-refractivity contribution is 5.65. The molecule has 0 radical (unpaired) electrons. The van der Waals surface area contributed by atoms with E-state index in [1.807, 2.05) is 31.2 Å². The lowest BCUT2D eigenvalue weighted by atomic mass is 10.00. The summed E-state index contributed by atoms with van der Waals surface area (Å²) in [5.74, 6) is 0.914. The Bertz CT molecular complexity index is 544. The maximum absolute atomic E-state index is 9.33. The molecular formula is C18H22O2. The monoisotopic (exact) mass is 270 g/mol. The summed E-state index contributed by atoms with van der Waals surface area (Å²) >= 11 is 0. The smallest absolute Gasteiger partial charge is 0.119 e. The van der Waals surface area contributed by atoms with Gasteiger partial charge in [-0.25, -0.2) is 0 Å². The summed E-state index contributed by atoms with van der Waals surface area (Å²) in [6, 6.07) is 14.3. The molecule has 2 aromatic rings. The van der Waals surface area contributed by atoms with Crippen molar-refractivity contribution in [2.75, 3.05) is 6.61 Å². The Morgan fingerprint density at radius 3 is 2.35 bits per heavy atom. The lowest BCUT2D eigenvalue weighted by molar-refractivity contribution is 0.281. The zero-order valence-electron chi connectivity index (χ0n) is 12.2. The molecule has 0 aliphatic heterocycles. The van der Waals surface area contributed by atoms with E-state index in [4.69, 9.17) is 4.74 Å². The summed E-state index contributed by atoms with van der Waals surface area (Å²) in [4.78, 5) is 0. The van der Waals surface area contributed by atoms with Crippen molar-refractivity contribution in [3.05, 3.63) is 53.6 Å². The second kappa shape index (κ2) is 7.11. The van der Waals surface area contributed by atoms with Crippen molar-refractivity contribution in [2.45, 2.75) is 33.3 Å². The zero-order valence-corrected chi connectivity index (χ0v) is 12.2. The molecule has 0 fully saturated rings. The summed E-state index contributed by atoms with van der Waals surface area (Å²) in [5, 5.41) is 9.33. The molecule has 2 rings (SSSR count). The third-order valence-electron chi connectivity index (χ3n) is 3.47. The molecule has 0 aliphatic rings. The lowest BCUT2D eigenvalue weighted by Gasteiger charge is -2.09. The van der Waals surface area contributed by atoms with Gasteiger partial charge in [0.2, 0.25) is 0 Å². The predicted molar refractivity (Wildman–Crippen MR) is 82.9 cm³/mol. The number of unbranched alkanes of at least 4 members (excludes halogenated alkanes) is 1. The van der Waals surface area contributed by atoms with Crippen LogP contribution in [0.3, 0.4) is 0 Å². The number of aliphatic hydroxyl groups is 1. The van der Waals surface area contributed by atoms with Gasteiger partial charge in [-0.3, -0.25) is 0 Å². The Kier molecular flexibility index (Phi) is 5.19. The van der Waals surface area contributed by atoms with Crippen molar-refractivity contribution in [3.8, 4) is 16.9 Å². The SMILES string of the molecule is CCCCOc1ccc(-c2ccc(C)c(CO)c2)cc1. The molecule has 0 saturated carbocycles. The van der Waals surface area contributed by atoms with Crippen LogP contribution in [0.25, 0.3) is 11.1 Å². The third kappa shape index (κ3) is 3.61. The molecule has 0 aliphatic carbocycles. The van der Waals surface area contributed by atoms with E-state index >= 15 is 0 Å². The number of aliphatic hydroxyl groups excluding tert-OH is 1. The number of hydrogen-bond acceptors (Lipinski definition) is 2. The Morgan fingerprint density at radius 2 is 1.70 bits per heavy atom. The van der Waals surface area contributed by atoms with E-state index in [1.165, 1.54) is 0 Å². The highest BCUT2D eigenvalue weighted by Crippen LogP contribution is 2.24. The van der Waals surface area contributed by atoms with Gasteiger partial charge in [0, 0.05) is 0 Å². The second-order valence-electron chi connectivity index (χ2n) is 5.03. The van der Waals surface area contributed by atoms with Crippen molar-refractivity contribution in [2.24, 2.45) is 0 Å². The zero-order chi connectivity index (χ0) is 14.4. The molecule has 106 valence electrons. The van der Waals surface area contributed by atoms with Crippen LogP contribution in [0.15, 0.2) is 42.5 Å². The van der Waals surface area contributed by atoms with Crippen LogP contribution in [0.5, 0.6) is 5.75 Å². The van der Waals surface area contributed by atoms with Crippen LogP contribution in [0.4, 0.5) is 0 Å². The Hall–Kier alpha value is -1.80. The van der Waals surface area contributed by atoms with Crippen LogP contribution in [0.2, 0.25) is 0 Å². The van der Waals surface area contributed by atoms with Gasteiger partial charge in [0.15, 0.2) is 0 Å². The molecule has 2 aromatic carbocycles. The third-order valence-corrected chi connectivity index (χ3v) is 3.47. The first-order valence-electron chi connectivity index (χ1n) is 7.18. The Balaban J connectivity index is 2.13. The van der Waals surface area contributed by atoms with E-state index in [9.17, 15) is 5.11 Å². The van der Waals surface area contributed by atoms with E-state index in [1.54, 1.807) is 0 Å². The van der Waals surface area contributed by atoms with Crippen LogP contribution in [-0.2, 0) is 6.61 Å². The number of benzene rings is 2. The van der Waals surface area contributed by atoms with Gasteiger partial charge in [0.05, 0.1) is 13.2 Å². The Labute approximate surface area is 121 Å². The number of hydrogen-bond donors (Lipinski definition) is 1. The second-order valence-corrected chi connectivity index (χ2v) is 5.03. The van der Waals surface area contributed by atoms with E-state index in [0.717, 1.165) is 47.5 Å². The Morgan fingerprint density at radius 1 is 1.00 bits per heavy atom. The molecule has 0 aromatic heterocycles. The largest absolute Gasteiger partial charge is 0.494 e. The van der Waals surface area contributed by atoms with Gasteiger partial charge >= 0.3 is 0 Å². The summed E-state index contributed by atoms with van der Waals surface area (Å²) in [5.41, 5.74) is 4.36. The minimum Gasteiger partial charge on any atom is -0.494 e. The van der Waals surface area contributed by atoms with E-state index in [2.05, 4.69) is 25.1 Å². The van der Waals surface area contributed by atoms with E-state index < -0.39 is 0 Å². The molecule has 0 unspecified atom stereocenters. The van der Waals surface area contributed by atoms with Gasteiger partial charge in [-0.05, 0) is 53.8 Å². The van der Waals surface area contributed by atoms with Gasteiger partial charge in [-0.15, -0.1) is 0 Å². The quantitative estimate of drug-likeness (QED) is 0.791. The van der Waals surface area contributed by atoms with Gasteiger partial charge in [-0.1, -0.05) is 37.6 Å². The molecule has 2 nitrogen and oxygen atoms in total. The van der Waals surface area contributed by atoms with E-state index in [0.29, 0.717) is 0 Å². The molecule has 0 saturated heterocycles. The predicted octanol–water partition coefficient (Wildman–Crippen LogP) is 4.33. The van der Waals surface area contributed by atoms with Crippen LogP contribution in [0, 0.1) is 6.92 Å². The van der Waals surface area contributed by atoms with Gasteiger partial charge < -0.3 is 9.84 Å². The average molecular weight is 270 g/mol. The van der Waals surface area contributed by atoms with Crippen molar-refractivity contribution in [1.29, 1.82) is 0 Å². The van der Waals surface area contributed by atoms with Crippen molar-refractivity contribution in [1.82, 2.24) is 0 Å². The minimum atomic E-state index is 0.0812. The highest BCUT2D eigenvalue weighted by Gasteiger charge is 2.02. The first-order valence-corrected chi connectivity index (χ1v) is 7.18. The van der Waals surface area contributed by atoms with Gasteiger partial charge in [-0.2, -0.15) is 0 Å². The summed E-state index contributed by atoms with van der Waals surface area (Å²) < 4.78 is 5.66. The number of aryl methyl sites for hydroxylation is 1. The maximum Gasteiger partial charge on any atom is 0.119 e. The average Bonchev–Trinajstić information content (AvgIpc) is 2.49. The molecular weight excluding hydrogens is 248 g/mol. The molecule has 0 heterocycles. The molecule has 1 N–H and O–H groups in total. The van der Waals surface area contributed by atoms with Crippen LogP contribution < -0.4 is 4.74 Å². The minimum absolute atomic E-state index is 0.0812. The molecule has 0 atom stereocenters. The van der Waals surface area contributed by atoms with Crippen molar-refractivity contribution >= 4 is 0 Å². The van der Waals surface area contributed by atoms with Gasteiger partial charge in [0.25, 0.3) is 0 Å². The fraction of sp³-hybridized carbons (Fsp3) is 0.333. The fourth-order valence-corrected chi connectivity index (χ4v) is 2.10. The first kappa shape index (κ1) is 14.6. The van der Waals surface area contributed by atoms with Crippen LogP contribution in [-0.4, -0.2) is 11.7 Å².